The summed E-state index contributed by atoms with van der Waals surface area (Å²) in [4.78, 5) is 15.1. The number of aliphatic hydroxyl groups is 1. The van der Waals surface area contributed by atoms with Crippen molar-refractivity contribution in [1.82, 2.24) is 19.9 Å². The maximum Gasteiger partial charge on any atom is 0.161 e. The van der Waals surface area contributed by atoms with Gasteiger partial charge in [0.05, 0.1) is 18.1 Å². The number of aliphatic hydroxyl groups excluding tert-OH is 1. The fourth-order valence-corrected chi connectivity index (χ4v) is 3.58. The summed E-state index contributed by atoms with van der Waals surface area (Å²) in [5.74, 6) is 1.85. The third kappa shape index (κ3) is 3.25. The molecule has 0 amide bonds. The van der Waals surface area contributed by atoms with E-state index in [1.165, 1.54) is 0 Å². The van der Waals surface area contributed by atoms with Crippen molar-refractivity contribution in [3.05, 3.63) is 83.9 Å². The van der Waals surface area contributed by atoms with Crippen molar-refractivity contribution in [2.75, 3.05) is 7.11 Å². The molecule has 0 fully saturated rings. The van der Waals surface area contributed by atoms with E-state index in [4.69, 9.17) is 9.47 Å². The van der Waals surface area contributed by atoms with E-state index in [1.54, 1.807) is 31.6 Å². The number of H-pyrrole nitrogens is 2. The van der Waals surface area contributed by atoms with E-state index in [1.807, 2.05) is 42.5 Å². The molecule has 0 radical (unpaired) electrons. The third-order valence-corrected chi connectivity index (χ3v) is 5.08. The first-order chi connectivity index (χ1) is 14.7. The van der Waals surface area contributed by atoms with Gasteiger partial charge in [0, 0.05) is 23.3 Å². The minimum Gasteiger partial charge on any atom is -0.493 e. The molecule has 0 aliphatic carbocycles. The maximum absolute atomic E-state index is 10.9. The number of pyridine rings is 1. The van der Waals surface area contributed by atoms with Crippen LogP contribution in [0.1, 0.15) is 23.1 Å². The van der Waals surface area contributed by atoms with Crippen LogP contribution < -0.4 is 9.47 Å². The highest BCUT2D eigenvalue weighted by molar-refractivity contribution is 5.80. The Bertz CT molecular complexity index is 1290. The van der Waals surface area contributed by atoms with Gasteiger partial charge in [0.15, 0.2) is 11.5 Å². The minimum absolute atomic E-state index is 0.279. The van der Waals surface area contributed by atoms with E-state index < -0.39 is 6.10 Å². The predicted octanol–water partition coefficient (Wildman–Crippen LogP) is 4.11. The Morgan fingerprint density at radius 3 is 2.83 bits per heavy atom. The number of methoxy groups -OCH3 is 1. The highest BCUT2D eigenvalue weighted by Gasteiger charge is 2.18. The zero-order chi connectivity index (χ0) is 20.5. The summed E-state index contributed by atoms with van der Waals surface area (Å²) in [6, 6.07) is 17.0. The van der Waals surface area contributed by atoms with Gasteiger partial charge in [-0.3, -0.25) is 0 Å². The number of fused-ring (bicyclic) bond motifs is 2. The molecule has 1 unspecified atom stereocenters. The van der Waals surface area contributed by atoms with Crippen LogP contribution in [0.5, 0.6) is 11.5 Å². The smallest absolute Gasteiger partial charge is 0.161 e. The van der Waals surface area contributed by atoms with Gasteiger partial charge in [0.1, 0.15) is 24.2 Å². The molecule has 0 bridgehead atoms. The van der Waals surface area contributed by atoms with Gasteiger partial charge in [-0.2, -0.15) is 0 Å². The summed E-state index contributed by atoms with van der Waals surface area (Å²) in [5.41, 5.74) is 4.07. The van der Waals surface area contributed by atoms with E-state index in [0.29, 0.717) is 17.1 Å². The van der Waals surface area contributed by atoms with Crippen LogP contribution in [0, 0.1) is 0 Å². The number of hydrogen-bond acceptors (Lipinski definition) is 5. The van der Waals surface area contributed by atoms with Gasteiger partial charge in [-0.25, -0.2) is 9.97 Å². The van der Waals surface area contributed by atoms with Crippen molar-refractivity contribution in [2.24, 2.45) is 0 Å². The predicted molar refractivity (Wildman–Crippen MR) is 114 cm³/mol. The van der Waals surface area contributed by atoms with Gasteiger partial charge in [0.25, 0.3) is 0 Å². The Balaban J connectivity index is 1.38. The monoisotopic (exact) mass is 400 g/mol. The Hall–Kier alpha value is -3.84. The Morgan fingerprint density at radius 2 is 1.97 bits per heavy atom. The summed E-state index contributed by atoms with van der Waals surface area (Å²) in [6.45, 7) is 0.279. The van der Waals surface area contributed by atoms with Crippen LogP contribution >= 0.6 is 0 Å². The third-order valence-electron chi connectivity index (χ3n) is 5.08. The van der Waals surface area contributed by atoms with Crippen LogP contribution in [0.2, 0.25) is 0 Å². The van der Waals surface area contributed by atoms with Crippen LogP contribution in [0.25, 0.3) is 22.1 Å². The lowest BCUT2D eigenvalue weighted by Gasteiger charge is -2.15. The van der Waals surface area contributed by atoms with Crippen molar-refractivity contribution in [1.29, 1.82) is 0 Å². The molecular formula is C23H20N4O3. The molecule has 0 aliphatic heterocycles. The Kier molecular flexibility index (Phi) is 4.57. The van der Waals surface area contributed by atoms with Crippen LogP contribution in [0.15, 0.2) is 67.0 Å². The zero-order valence-electron chi connectivity index (χ0n) is 16.3. The summed E-state index contributed by atoms with van der Waals surface area (Å²) >= 11 is 0. The van der Waals surface area contributed by atoms with E-state index in [9.17, 15) is 5.11 Å². The first-order valence-corrected chi connectivity index (χ1v) is 9.57. The quantitative estimate of drug-likeness (QED) is 0.399. The lowest BCUT2D eigenvalue weighted by Crippen LogP contribution is -2.02. The largest absolute Gasteiger partial charge is 0.493 e. The number of rotatable bonds is 6. The first kappa shape index (κ1) is 18.2. The van der Waals surface area contributed by atoms with Crippen molar-refractivity contribution >= 4 is 22.1 Å². The number of hydrogen-bond donors (Lipinski definition) is 3. The van der Waals surface area contributed by atoms with Gasteiger partial charge in [-0.05, 0) is 42.0 Å². The molecule has 7 nitrogen and oxygen atoms in total. The number of ether oxygens (including phenoxy) is 2. The summed E-state index contributed by atoms with van der Waals surface area (Å²) < 4.78 is 11.4. The number of benzene rings is 2. The van der Waals surface area contributed by atoms with Crippen LogP contribution in [0.3, 0.4) is 0 Å². The second kappa shape index (κ2) is 7.53. The Morgan fingerprint density at radius 1 is 1.07 bits per heavy atom. The molecule has 5 rings (SSSR count). The fraction of sp³-hybridized carbons (Fsp3) is 0.130. The number of nitrogens with one attached hydrogen (secondary N) is 2. The van der Waals surface area contributed by atoms with E-state index in [-0.39, 0.29) is 6.61 Å². The summed E-state index contributed by atoms with van der Waals surface area (Å²) in [7, 11) is 1.58. The molecule has 0 saturated heterocycles. The highest BCUT2D eigenvalue weighted by atomic mass is 16.5. The SMILES string of the molecule is COc1cc(C(O)c2c[nH]c3ncccc23)ccc1OCc1nc2ccccc2[nH]1. The fourth-order valence-electron chi connectivity index (χ4n) is 3.58. The zero-order valence-corrected chi connectivity index (χ0v) is 16.3. The van der Waals surface area contributed by atoms with Crippen molar-refractivity contribution in [3.8, 4) is 11.5 Å². The molecule has 5 aromatic rings. The van der Waals surface area contributed by atoms with E-state index in [0.717, 1.165) is 33.5 Å². The van der Waals surface area contributed by atoms with Crippen molar-refractivity contribution < 1.29 is 14.6 Å². The molecule has 0 saturated carbocycles. The number of aromatic nitrogens is 4. The molecule has 30 heavy (non-hydrogen) atoms. The van der Waals surface area contributed by atoms with Crippen LogP contribution in [-0.4, -0.2) is 32.2 Å². The second-order valence-corrected chi connectivity index (χ2v) is 6.95. The van der Waals surface area contributed by atoms with Gasteiger partial charge in [0.2, 0.25) is 0 Å². The molecular weight excluding hydrogens is 380 g/mol. The molecule has 3 N–H and O–H groups in total. The molecule has 0 spiro atoms. The van der Waals surface area contributed by atoms with Gasteiger partial charge < -0.3 is 24.5 Å². The molecule has 1 atom stereocenters. The standard InChI is InChI=1S/C23H20N4O3/c1-29-20-11-14(22(28)16-12-25-23-15(16)5-4-10-24-23)8-9-19(20)30-13-21-26-17-6-2-3-7-18(17)27-21/h2-12,22,28H,13H2,1H3,(H,24,25)(H,26,27). The van der Waals surface area contributed by atoms with Crippen molar-refractivity contribution in [2.45, 2.75) is 12.7 Å². The normalized spacial score (nSPS) is 12.3. The summed E-state index contributed by atoms with van der Waals surface area (Å²) in [5, 5.41) is 11.8. The molecule has 150 valence electrons. The van der Waals surface area contributed by atoms with E-state index in [2.05, 4.69) is 19.9 Å². The van der Waals surface area contributed by atoms with Crippen LogP contribution in [0.4, 0.5) is 0 Å². The Labute approximate surface area is 172 Å². The van der Waals surface area contributed by atoms with Crippen LogP contribution in [-0.2, 0) is 6.61 Å². The molecule has 7 heteroatoms. The summed E-state index contributed by atoms with van der Waals surface area (Å²) in [6.07, 6.45) is 2.67. The number of nitrogens with zero attached hydrogens (tertiary/aromatic N) is 2. The molecule has 3 aromatic heterocycles. The van der Waals surface area contributed by atoms with Crippen molar-refractivity contribution in [3.63, 3.8) is 0 Å². The molecule has 2 aromatic carbocycles. The van der Waals surface area contributed by atoms with E-state index >= 15 is 0 Å². The minimum atomic E-state index is -0.818. The lowest BCUT2D eigenvalue weighted by molar-refractivity contribution is 0.220. The van der Waals surface area contributed by atoms with Gasteiger partial charge >= 0.3 is 0 Å². The highest BCUT2D eigenvalue weighted by Crippen LogP contribution is 2.34. The molecule has 0 aliphatic rings. The first-order valence-electron chi connectivity index (χ1n) is 9.57. The average Bonchev–Trinajstić information content (AvgIpc) is 3.41. The maximum atomic E-state index is 10.9. The average molecular weight is 400 g/mol. The molecule has 3 heterocycles. The number of para-hydroxylation sites is 2. The van der Waals surface area contributed by atoms with Gasteiger partial charge in [-0.1, -0.05) is 18.2 Å². The van der Waals surface area contributed by atoms with Gasteiger partial charge in [-0.15, -0.1) is 0 Å². The lowest BCUT2D eigenvalue weighted by atomic mass is 10.0. The topological polar surface area (TPSA) is 96.1 Å². The number of imidazole rings is 1. The number of aromatic amines is 2. The second-order valence-electron chi connectivity index (χ2n) is 6.95.